The molecule has 33 heavy (non-hydrogen) atoms. The van der Waals surface area contributed by atoms with Crippen LogP contribution < -0.4 is 16.0 Å². The van der Waals surface area contributed by atoms with Crippen molar-refractivity contribution in [2.45, 2.75) is 58.0 Å². The van der Waals surface area contributed by atoms with Crippen LogP contribution in [0.1, 0.15) is 58.1 Å². The van der Waals surface area contributed by atoms with Gasteiger partial charge in [0, 0.05) is 24.3 Å². The van der Waals surface area contributed by atoms with E-state index in [1.165, 1.54) is 0 Å². The standard InChI is InChI=1S/C25H33ClN6O/c1-24(2,3)10-8-20(17-4-6-18(26)7-5-17)31-23(33)25(27)11-14-32(15-12-25)22-19-9-13-28-21(19)29-16-30-22/h4-7,9,13,16,20H,8,10-12,14-15,27H2,1-3H3,(H,31,33)(H,28,29,30)/t20-/m0/s1. The molecule has 1 aliphatic rings. The molecule has 7 nitrogen and oxygen atoms in total. The summed E-state index contributed by atoms with van der Waals surface area (Å²) < 4.78 is 0. The van der Waals surface area contributed by atoms with Crippen LogP contribution in [-0.4, -0.2) is 39.5 Å². The SMILES string of the molecule is CC(C)(C)CC[C@H](NC(=O)C1(N)CCN(c2ncnc3[nH]ccc23)CC1)c1ccc(Cl)cc1. The highest BCUT2D eigenvalue weighted by Crippen LogP contribution is 2.31. The third kappa shape index (κ3) is 5.47. The molecule has 1 saturated heterocycles. The fourth-order valence-electron chi connectivity index (χ4n) is 4.35. The number of anilines is 1. The van der Waals surface area contributed by atoms with Crippen molar-refractivity contribution < 1.29 is 4.79 Å². The summed E-state index contributed by atoms with van der Waals surface area (Å²) in [5.74, 6) is 0.790. The second-order valence-electron chi connectivity index (χ2n) is 10.3. The second kappa shape index (κ2) is 9.31. The zero-order valence-electron chi connectivity index (χ0n) is 19.6. The van der Waals surface area contributed by atoms with Crippen molar-refractivity contribution in [2.75, 3.05) is 18.0 Å². The summed E-state index contributed by atoms with van der Waals surface area (Å²) in [5, 5.41) is 4.93. The number of fused-ring (bicyclic) bond motifs is 1. The third-order valence-corrected chi connectivity index (χ3v) is 6.75. The highest BCUT2D eigenvalue weighted by Gasteiger charge is 2.39. The van der Waals surface area contributed by atoms with Gasteiger partial charge in [-0.2, -0.15) is 0 Å². The number of hydrogen-bond donors (Lipinski definition) is 3. The Labute approximate surface area is 200 Å². The highest BCUT2D eigenvalue weighted by atomic mass is 35.5. The van der Waals surface area contributed by atoms with Gasteiger partial charge in [-0.25, -0.2) is 9.97 Å². The first-order valence-electron chi connectivity index (χ1n) is 11.5. The molecule has 0 spiro atoms. The Balaban J connectivity index is 1.45. The maximum atomic E-state index is 13.4. The molecule has 0 saturated carbocycles. The van der Waals surface area contributed by atoms with E-state index < -0.39 is 5.54 Å². The number of nitrogens with two attached hydrogens (primary N) is 1. The quantitative estimate of drug-likeness (QED) is 0.491. The molecule has 4 rings (SSSR count). The highest BCUT2D eigenvalue weighted by molar-refractivity contribution is 6.30. The molecule has 3 heterocycles. The predicted molar refractivity (Wildman–Crippen MR) is 133 cm³/mol. The largest absolute Gasteiger partial charge is 0.356 e. The Morgan fingerprint density at radius 1 is 1.21 bits per heavy atom. The summed E-state index contributed by atoms with van der Waals surface area (Å²) in [4.78, 5) is 27.5. The number of hydrogen-bond acceptors (Lipinski definition) is 5. The molecule has 0 aliphatic carbocycles. The van der Waals surface area contributed by atoms with Crippen LogP contribution in [0.15, 0.2) is 42.9 Å². The number of aromatic amines is 1. The number of amides is 1. The van der Waals surface area contributed by atoms with Gasteiger partial charge in [0.2, 0.25) is 5.91 Å². The van der Waals surface area contributed by atoms with E-state index in [2.05, 4.69) is 45.9 Å². The number of halogens is 1. The van der Waals surface area contributed by atoms with Crippen molar-refractivity contribution >= 4 is 34.4 Å². The molecular weight excluding hydrogens is 436 g/mol. The molecule has 3 aromatic rings. The van der Waals surface area contributed by atoms with E-state index in [4.69, 9.17) is 17.3 Å². The van der Waals surface area contributed by atoms with Crippen LogP contribution in [0.5, 0.6) is 0 Å². The van der Waals surface area contributed by atoms with E-state index in [9.17, 15) is 4.79 Å². The Bertz CT molecular complexity index is 1100. The first-order chi connectivity index (χ1) is 15.6. The Morgan fingerprint density at radius 3 is 2.58 bits per heavy atom. The Kier molecular flexibility index (Phi) is 6.64. The maximum Gasteiger partial charge on any atom is 0.240 e. The van der Waals surface area contributed by atoms with Gasteiger partial charge in [-0.05, 0) is 54.9 Å². The summed E-state index contributed by atoms with van der Waals surface area (Å²) in [7, 11) is 0. The molecule has 2 aromatic heterocycles. The van der Waals surface area contributed by atoms with Crippen LogP contribution in [0, 0.1) is 5.41 Å². The van der Waals surface area contributed by atoms with Gasteiger partial charge < -0.3 is 20.9 Å². The Hall–Kier alpha value is -2.64. The van der Waals surface area contributed by atoms with E-state index in [0.29, 0.717) is 31.0 Å². The fourth-order valence-corrected chi connectivity index (χ4v) is 4.48. The first kappa shape index (κ1) is 23.5. The van der Waals surface area contributed by atoms with Crippen LogP contribution in [0.2, 0.25) is 5.02 Å². The third-order valence-electron chi connectivity index (χ3n) is 6.50. The van der Waals surface area contributed by atoms with E-state index in [1.54, 1.807) is 6.33 Å². The van der Waals surface area contributed by atoms with Gasteiger partial charge in [-0.1, -0.05) is 44.5 Å². The van der Waals surface area contributed by atoms with Crippen molar-refractivity contribution in [3.8, 4) is 0 Å². The molecular formula is C25H33ClN6O. The second-order valence-corrected chi connectivity index (χ2v) is 10.7. The lowest BCUT2D eigenvalue weighted by Gasteiger charge is -2.39. The number of carbonyl (C=O) groups is 1. The molecule has 1 aromatic carbocycles. The minimum Gasteiger partial charge on any atom is -0.356 e. The van der Waals surface area contributed by atoms with Crippen molar-refractivity contribution in [3.05, 3.63) is 53.4 Å². The van der Waals surface area contributed by atoms with Crippen molar-refractivity contribution in [1.29, 1.82) is 0 Å². The normalized spacial score (nSPS) is 17.2. The molecule has 0 radical (unpaired) electrons. The zero-order valence-corrected chi connectivity index (χ0v) is 20.3. The first-order valence-corrected chi connectivity index (χ1v) is 11.9. The number of nitrogens with zero attached hydrogens (tertiary/aromatic N) is 3. The summed E-state index contributed by atoms with van der Waals surface area (Å²) in [5.41, 5.74) is 7.79. The minimum atomic E-state index is -0.910. The molecule has 1 aliphatic heterocycles. The number of H-pyrrole nitrogens is 1. The summed E-state index contributed by atoms with van der Waals surface area (Å²) in [6, 6.07) is 9.58. The van der Waals surface area contributed by atoms with Crippen molar-refractivity contribution in [2.24, 2.45) is 11.1 Å². The lowest BCUT2D eigenvalue weighted by Crippen LogP contribution is -2.60. The molecule has 1 atom stereocenters. The smallest absolute Gasteiger partial charge is 0.240 e. The summed E-state index contributed by atoms with van der Waals surface area (Å²) in [6.07, 6.45) is 6.36. The number of benzene rings is 1. The topological polar surface area (TPSA) is 99.9 Å². The molecule has 1 amide bonds. The monoisotopic (exact) mass is 468 g/mol. The average Bonchev–Trinajstić information content (AvgIpc) is 3.26. The van der Waals surface area contributed by atoms with Gasteiger partial charge in [-0.3, -0.25) is 4.79 Å². The molecule has 4 N–H and O–H groups in total. The van der Waals surface area contributed by atoms with Crippen LogP contribution in [0.3, 0.4) is 0 Å². The number of carbonyl (C=O) groups excluding carboxylic acids is 1. The van der Waals surface area contributed by atoms with E-state index >= 15 is 0 Å². The van der Waals surface area contributed by atoms with Crippen molar-refractivity contribution in [3.63, 3.8) is 0 Å². The molecule has 176 valence electrons. The lowest BCUT2D eigenvalue weighted by atomic mass is 9.85. The fraction of sp³-hybridized carbons (Fsp3) is 0.480. The molecule has 1 fully saturated rings. The van der Waals surface area contributed by atoms with Crippen molar-refractivity contribution in [1.82, 2.24) is 20.3 Å². The van der Waals surface area contributed by atoms with Gasteiger partial charge in [0.25, 0.3) is 0 Å². The average molecular weight is 469 g/mol. The van der Waals surface area contributed by atoms with Crippen LogP contribution in [0.4, 0.5) is 5.82 Å². The van der Waals surface area contributed by atoms with Gasteiger partial charge >= 0.3 is 0 Å². The van der Waals surface area contributed by atoms with Crippen LogP contribution >= 0.6 is 11.6 Å². The number of aromatic nitrogens is 3. The van der Waals surface area contributed by atoms with Crippen LogP contribution in [-0.2, 0) is 4.79 Å². The predicted octanol–water partition coefficient (Wildman–Crippen LogP) is 4.59. The van der Waals surface area contributed by atoms with E-state index in [-0.39, 0.29) is 17.4 Å². The molecule has 8 heteroatoms. The maximum absolute atomic E-state index is 13.4. The number of nitrogens with one attached hydrogen (secondary N) is 2. The molecule has 0 unspecified atom stereocenters. The van der Waals surface area contributed by atoms with E-state index in [1.807, 2.05) is 36.5 Å². The van der Waals surface area contributed by atoms with E-state index in [0.717, 1.165) is 35.3 Å². The van der Waals surface area contributed by atoms with Gasteiger partial charge in [-0.15, -0.1) is 0 Å². The summed E-state index contributed by atoms with van der Waals surface area (Å²) >= 11 is 6.09. The Morgan fingerprint density at radius 2 is 1.91 bits per heavy atom. The lowest BCUT2D eigenvalue weighted by molar-refractivity contribution is -0.128. The number of piperidine rings is 1. The van der Waals surface area contributed by atoms with Gasteiger partial charge in [0.05, 0.1) is 17.0 Å². The zero-order chi connectivity index (χ0) is 23.6. The van der Waals surface area contributed by atoms with Gasteiger partial charge in [0.15, 0.2) is 0 Å². The minimum absolute atomic E-state index is 0.0921. The molecule has 0 bridgehead atoms. The number of rotatable bonds is 6. The van der Waals surface area contributed by atoms with Gasteiger partial charge in [0.1, 0.15) is 17.8 Å². The van der Waals surface area contributed by atoms with Crippen LogP contribution in [0.25, 0.3) is 11.0 Å². The summed E-state index contributed by atoms with van der Waals surface area (Å²) in [6.45, 7) is 7.96.